The lowest BCUT2D eigenvalue weighted by Gasteiger charge is -1.99. The minimum atomic E-state index is 0.434. The van der Waals surface area contributed by atoms with Crippen LogP contribution in [0.5, 0.6) is 0 Å². The number of hydrogen-bond donors (Lipinski definition) is 1. The van der Waals surface area contributed by atoms with Crippen molar-refractivity contribution < 1.29 is 4.52 Å². The fourth-order valence-corrected chi connectivity index (χ4v) is 1.75. The van der Waals surface area contributed by atoms with Crippen LogP contribution in [0.2, 0.25) is 0 Å². The molecule has 1 fully saturated rings. The number of rotatable bonds is 3. The maximum Gasteiger partial charge on any atom is 0.231 e. The standard InChI is InChI=1S/C10H17N3O/c1-7(2)5-9-12-10(14-13-9)8-3-4-11-6-8/h7-8,11H,3-6H2,1-2H3/t8-/m1/s1. The van der Waals surface area contributed by atoms with Gasteiger partial charge in [0.1, 0.15) is 0 Å². The summed E-state index contributed by atoms with van der Waals surface area (Å²) >= 11 is 0. The van der Waals surface area contributed by atoms with Gasteiger partial charge in [0, 0.05) is 13.0 Å². The molecule has 4 nitrogen and oxygen atoms in total. The second-order valence-corrected chi connectivity index (χ2v) is 4.34. The first-order valence-electron chi connectivity index (χ1n) is 5.29. The summed E-state index contributed by atoms with van der Waals surface area (Å²) in [7, 11) is 0. The molecule has 1 aromatic rings. The lowest BCUT2D eigenvalue weighted by Crippen LogP contribution is -2.08. The average Bonchev–Trinajstić information content (AvgIpc) is 2.69. The summed E-state index contributed by atoms with van der Waals surface area (Å²) in [5.74, 6) is 2.68. The topological polar surface area (TPSA) is 51.0 Å². The molecule has 0 bridgehead atoms. The lowest BCUT2D eigenvalue weighted by atomic mass is 10.1. The van der Waals surface area contributed by atoms with E-state index < -0.39 is 0 Å². The molecular weight excluding hydrogens is 178 g/mol. The minimum absolute atomic E-state index is 0.434. The van der Waals surface area contributed by atoms with Gasteiger partial charge in [-0.15, -0.1) is 0 Å². The van der Waals surface area contributed by atoms with E-state index in [0.29, 0.717) is 11.8 Å². The molecule has 78 valence electrons. The molecule has 0 spiro atoms. The summed E-state index contributed by atoms with van der Waals surface area (Å²) in [6, 6.07) is 0. The third kappa shape index (κ3) is 2.12. The normalized spacial score (nSPS) is 22.1. The van der Waals surface area contributed by atoms with Crippen molar-refractivity contribution in [2.75, 3.05) is 13.1 Å². The molecule has 1 saturated heterocycles. The van der Waals surface area contributed by atoms with Gasteiger partial charge in [-0.05, 0) is 18.9 Å². The molecule has 1 N–H and O–H groups in total. The molecule has 0 unspecified atom stereocenters. The molecule has 1 aliphatic rings. The van der Waals surface area contributed by atoms with Crippen LogP contribution in [0.4, 0.5) is 0 Å². The molecule has 14 heavy (non-hydrogen) atoms. The molecule has 2 rings (SSSR count). The first-order valence-corrected chi connectivity index (χ1v) is 5.29. The maximum absolute atomic E-state index is 5.25. The van der Waals surface area contributed by atoms with Gasteiger partial charge in [-0.2, -0.15) is 4.98 Å². The zero-order valence-electron chi connectivity index (χ0n) is 8.79. The van der Waals surface area contributed by atoms with Crippen molar-refractivity contribution in [2.24, 2.45) is 5.92 Å². The number of nitrogens with one attached hydrogen (secondary N) is 1. The highest BCUT2D eigenvalue weighted by molar-refractivity contribution is 4.98. The van der Waals surface area contributed by atoms with Crippen molar-refractivity contribution in [3.63, 3.8) is 0 Å². The van der Waals surface area contributed by atoms with Crippen LogP contribution in [0, 0.1) is 5.92 Å². The van der Waals surface area contributed by atoms with Gasteiger partial charge < -0.3 is 9.84 Å². The Morgan fingerprint density at radius 1 is 1.57 bits per heavy atom. The van der Waals surface area contributed by atoms with Crippen LogP contribution in [-0.2, 0) is 6.42 Å². The van der Waals surface area contributed by atoms with Crippen LogP contribution in [0.15, 0.2) is 4.52 Å². The highest BCUT2D eigenvalue weighted by Gasteiger charge is 2.22. The molecule has 2 heterocycles. The van der Waals surface area contributed by atoms with E-state index in [1.165, 1.54) is 0 Å². The molecule has 0 saturated carbocycles. The van der Waals surface area contributed by atoms with Gasteiger partial charge in [-0.1, -0.05) is 19.0 Å². The molecule has 0 radical (unpaired) electrons. The molecule has 1 aliphatic heterocycles. The Balaban J connectivity index is 2.01. The van der Waals surface area contributed by atoms with Crippen molar-refractivity contribution in [1.29, 1.82) is 0 Å². The van der Waals surface area contributed by atoms with Crippen LogP contribution in [-0.4, -0.2) is 23.2 Å². The van der Waals surface area contributed by atoms with E-state index in [4.69, 9.17) is 4.52 Å². The van der Waals surface area contributed by atoms with E-state index in [-0.39, 0.29) is 0 Å². The second-order valence-electron chi connectivity index (χ2n) is 4.34. The van der Waals surface area contributed by atoms with E-state index in [2.05, 4.69) is 29.3 Å². The van der Waals surface area contributed by atoms with Gasteiger partial charge in [0.2, 0.25) is 5.89 Å². The van der Waals surface area contributed by atoms with Crippen LogP contribution < -0.4 is 5.32 Å². The summed E-state index contributed by atoms with van der Waals surface area (Å²) in [5, 5.41) is 7.28. The van der Waals surface area contributed by atoms with Gasteiger partial charge in [0.15, 0.2) is 5.82 Å². The van der Waals surface area contributed by atoms with Gasteiger partial charge in [-0.3, -0.25) is 0 Å². The Bertz CT molecular complexity index is 289. The van der Waals surface area contributed by atoms with Crippen LogP contribution >= 0.6 is 0 Å². The van der Waals surface area contributed by atoms with Crippen LogP contribution in [0.1, 0.15) is 37.9 Å². The highest BCUT2D eigenvalue weighted by Crippen LogP contribution is 2.20. The number of nitrogens with zero attached hydrogens (tertiary/aromatic N) is 2. The Morgan fingerprint density at radius 3 is 3.07 bits per heavy atom. The van der Waals surface area contributed by atoms with E-state index >= 15 is 0 Å². The smallest absolute Gasteiger partial charge is 0.231 e. The minimum Gasteiger partial charge on any atom is -0.339 e. The average molecular weight is 195 g/mol. The summed E-state index contributed by atoms with van der Waals surface area (Å²) in [4.78, 5) is 4.41. The van der Waals surface area contributed by atoms with Gasteiger partial charge in [-0.25, -0.2) is 0 Å². The number of aromatic nitrogens is 2. The summed E-state index contributed by atoms with van der Waals surface area (Å²) in [6.45, 7) is 6.36. The van der Waals surface area contributed by atoms with Crippen LogP contribution in [0.25, 0.3) is 0 Å². The fraction of sp³-hybridized carbons (Fsp3) is 0.800. The second kappa shape index (κ2) is 4.09. The van der Waals surface area contributed by atoms with E-state index in [9.17, 15) is 0 Å². The van der Waals surface area contributed by atoms with Gasteiger partial charge >= 0.3 is 0 Å². The quantitative estimate of drug-likeness (QED) is 0.791. The van der Waals surface area contributed by atoms with Crippen molar-refractivity contribution in [1.82, 2.24) is 15.5 Å². The molecule has 1 atom stereocenters. The predicted octanol–water partition coefficient (Wildman–Crippen LogP) is 1.34. The zero-order valence-corrected chi connectivity index (χ0v) is 8.79. The first kappa shape index (κ1) is 9.65. The molecule has 0 aliphatic carbocycles. The Labute approximate surface area is 84.1 Å². The maximum atomic E-state index is 5.25. The Hall–Kier alpha value is -0.900. The molecule has 1 aromatic heterocycles. The summed E-state index contributed by atoms with van der Waals surface area (Å²) in [6.07, 6.45) is 2.02. The lowest BCUT2D eigenvalue weighted by molar-refractivity contribution is 0.353. The molecule has 4 heteroatoms. The largest absolute Gasteiger partial charge is 0.339 e. The summed E-state index contributed by atoms with van der Waals surface area (Å²) in [5.41, 5.74) is 0. The van der Waals surface area contributed by atoms with Crippen molar-refractivity contribution in [3.05, 3.63) is 11.7 Å². The van der Waals surface area contributed by atoms with Crippen molar-refractivity contribution >= 4 is 0 Å². The van der Waals surface area contributed by atoms with Crippen molar-refractivity contribution in [3.8, 4) is 0 Å². The van der Waals surface area contributed by atoms with Crippen LogP contribution in [0.3, 0.4) is 0 Å². The Morgan fingerprint density at radius 2 is 2.43 bits per heavy atom. The molecule has 0 amide bonds. The SMILES string of the molecule is CC(C)Cc1noc([C@@H]2CCNC2)n1. The molecular formula is C10H17N3O. The fourth-order valence-electron chi connectivity index (χ4n) is 1.75. The summed E-state index contributed by atoms with van der Waals surface area (Å²) < 4.78 is 5.25. The van der Waals surface area contributed by atoms with E-state index in [0.717, 1.165) is 37.6 Å². The number of hydrogen-bond acceptors (Lipinski definition) is 4. The van der Waals surface area contributed by atoms with E-state index in [1.54, 1.807) is 0 Å². The predicted molar refractivity (Wildman–Crippen MR) is 53.1 cm³/mol. The highest BCUT2D eigenvalue weighted by atomic mass is 16.5. The zero-order chi connectivity index (χ0) is 9.97. The van der Waals surface area contributed by atoms with E-state index in [1.807, 2.05) is 0 Å². The van der Waals surface area contributed by atoms with Gasteiger partial charge in [0.25, 0.3) is 0 Å². The monoisotopic (exact) mass is 195 g/mol. The first-order chi connectivity index (χ1) is 6.75. The third-order valence-corrected chi connectivity index (χ3v) is 2.48. The third-order valence-electron chi connectivity index (χ3n) is 2.48. The molecule has 0 aromatic carbocycles. The Kier molecular flexibility index (Phi) is 2.82. The van der Waals surface area contributed by atoms with Gasteiger partial charge in [0.05, 0.1) is 5.92 Å². The van der Waals surface area contributed by atoms with Crippen molar-refractivity contribution in [2.45, 2.75) is 32.6 Å².